The SMILES string of the molecule is CC1(Cn2c(N)nc3c(Cl)cccc32)CCOCC1. The molecule has 2 heterocycles. The molecule has 0 amide bonds. The van der Waals surface area contributed by atoms with Gasteiger partial charge in [0, 0.05) is 19.8 Å². The number of anilines is 1. The Hall–Kier alpha value is -1.26. The lowest BCUT2D eigenvalue weighted by Gasteiger charge is -2.34. The van der Waals surface area contributed by atoms with Crippen molar-refractivity contribution in [3.63, 3.8) is 0 Å². The van der Waals surface area contributed by atoms with E-state index < -0.39 is 0 Å². The summed E-state index contributed by atoms with van der Waals surface area (Å²) in [6.45, 7) is 4.79. The summed E-state index contributed by atoms with van der Waals surface area (Å²) in [6, 6.07) is 5.80. The van der Waals surface area contributed by atoms with Crippen LogP contribution in [0.2, 0.25) is 5.02 Å². The van der Waals surface area contributed by atoms with E-state index in [4.69, 9.17) is 22.1 Å². The summed E-state index contributed by atoms with van der Waals surface area (Å²) in [7, 11) is 0. The normalized spacial score (nSPS) is 18.8. The van der Waals surface area contributed by atoms with Gasteiger partial charge in [-0.3, -0.25) is 0 Å². The first kappa shape index (κ1) is 12.8. The zero-order valence-corrected chi connectivity index (χ0v) is 11.8. The first-order valence-electron chi connectivity index (χ1n) is 6.57. The number of aromatic nitrogens is 2. The van der Waals surface area contributed by atoms with E-state index in [0.717, 1.165) is 43.6 Å². The van der Waals surface area contributed by atoms with Gasteiger partial charge in [0.2, 0.25) is 5.95 Å². The van der Waals surface area contributed by atoms with Gasteiger partial charge >= 0.3 is 0 Å². The molecular formula is C14H18ClN3O. The molecule has 1 aliphatic rings. The van der Waals surface area contributed by atoms with Crippen LogP contribution in [0, 0.1) is 5.41 Å². The van der Waals surface area contributed by atoms with Gasteiger partial charge < -0.3 is 15.0 Å². The van der Waals surface area contributed by atoms with Gasteiger partial charge in [0.1, 0.15) is 5.52 Å². The number of fused-ring (bicyclic) bond motifs is 1. The first-order valence-corrected chi connectivity index (χ1v) is 6.95. The van der Waals surface area contributed by atoms with Crippen molar-refractivity contribution < 1.29 is 4.74 Å². The second-order valence-corrected chi connectivity index (χ2v) is 5.99. The lowest BCUT2D eigenvalue weighted by Crippen LogP contribution is -2.31. The molecule has 0 spiro atoms. The maximum absolute atomic E-state index is 6.17. The van der Waals surface area contributed by atoms with Gasteiger partial charge in [-0.15, -0.1) is 0 Å². The Kier molecular flexibility index (Phi) is 3.15. The molecule has 0 radical (unpaired) electrons. The van der Waals surface area contributed by atoms with Gasteiger partial charge in [-0.25, -0.2) is 4.98 Å². The molecule has 1 aliphatic heterocycles. The summed E-state index contributed by atoms with van der Waals surface area (Å²) >= 11 is 6.17. The molecule has 1 aromatic heterocycles. The van der Waals surface area contributed by atoms with Gasteiger partial charge in [-0.1, -0.05) is 24.6 Å². The van der Waals surface area contributed by atoms with E-state index in [-0.39, 0.29) is 5.41 Å². The summed E-state index contributed by atoms with van der Waals surface area (Å²) in [4.78, 5) is 4.39. The molecule has 2 aromatic rings. The highest BCUT2D eigenvalue weighted by Gasteiger charge is 2.29. The van der Waals surface area contributed by atoms with Crippen LogP contribution in [0.3, 0.4) is 0 Å². The van der Waals surface area contributed by atoms with E-state index in [1.165, 1.54) is 0 Å². The van der Waals surface area contributed by atoms with E-state index in [1.807, 2.05) is 18.2 Å². The Morgan fingerprint density at radius 1 is 1.42 bits per heavy atom. The number of halogens is 1. The molecule has 0 atom stereocenters. The van der Waals surface area contributed by atoms with Crippen LogP contribution in [0.4, 0.5) is 5.95 Å². The van der Waals surface area contributed by atoms with E-state index in [2.05, 4.69) is 16.5 Å². The van der Waals surface area contributed by atoms with Crippen LogP contribution in [0.5, 0.6) is 0 Å². The van der Waals surface area contributed by atoms with Gasteiger partial charge in [0.25, 0.3) is 0 Å². The second-order valence-electron chi connectivity index (χ2n) is 5.59. The average Bonchev–Trinajstić information content (AvgIpc) is 2.69. The van der Waals surface area contributed by atoms with E-state index >= 15 is 0 Å². The van der Waals surface area contributed by atoms with Gasteiger partial charge in [-0.05, 0) is 30.4 Å². The van der Waals surface area contributed by atoms with Crippen LogP contribution in [0.1, 0.15) is 19.8 Å². The fourth-order valence-electron chi connectivity index (χ4n) is 2.70. The van der Waals surface area contributed by atoms with Crippen LogP contribution in [0.15, 0.2) is 18.2 Å². The highest BCUT2D eigenvalue weighted by Crippen LogP contribution is 2.34. The number of nitrogens with two attached hydrogens (primary N) is 1. The number of rotatable bonds is 2. The van der Waals surface area contributed by atoms with Crippen molar-refractivity contribution in [1.82, 2.24) is 9.55 Å². The average molecular weight is 280 g/mol. The zero-order chi connectivity index (χ0) is 13.5. The molecule has 4 nitrogen and oxygen atoms in total. The minimum atomic E-state index is 0.211. The predicted molar refractivity (Wildman–Crippen MR) is 77.3 cm³/mol. The van der Waals surface area contributed by atoms with Crippen molar-refractivity contribution in [3.05, 3.63) is 23.2 Å². The summed E-state index contributed by atoms with van der Waals surface area (Å²) in [6.07, 6.45) is 2.10. The van der Waals surface area contributed by atoms with E-state index in [9.17, 15) is 0 Å². The molecule has 19 heavy (non-hydrogen) atoms. The van der Waals surface area contributed by atoms with Crippen molar-refractivity contribution in [3.8, 4) is 0 Å². The fourth-order valence-corrected chi connectivity index (χ4v) is 2.91. The van der Waals surface area contributed by atoms with Crippen LogP contribution in [0.25, 0.3) is 11.0 Å². The van der Waals surface area contributed by atoms with Crippen molar-refractivity contribution in [2.24, 2.45) is 5.41 Å². The largest absolute Gasteiger partial charge is 0.381 e. The first-order chi connectivity index (χ1) is 9.09. The molecule has 1 saturated heterocycles. The van der Waals surface area contributed by atoms with Crippen molar-refractivity contribution in [1.29, 1.82) is 0 Å². The molecule has 2 N–H and O–H groups in total. The van der Waals surface area contributed by atoms with Gasteiger partial charge in [0.15, 0.2) is 0 Å². The number of hydrogen-bond donors (Lipinski definition) is 1. The van der Waals surface area contributed by atoms with Gasteiger partial charge in [-0.2, -0.15) is 0 Å². The Morgan fingerprint density at radius 3 is 2.89 bits per heavy atom. The van der Waals surface area contributed by atoms with Crippen LogP contribution < -0.4 is 5.73 Å². The lowest BCUT2D eigenvalue weighted by molar-refractivity contribution is 0.0163. The Labute approximate surface area is 117 Å². The Balaban J connectivity index is 2.00. The lowest BCUT2D eigenvalue weighted by atomic mass is 9.82. The van der Waals surface area contributed by atoms with Crippen molar-refractivity contribution in [2.45, 2.75) is 26.3 Å². The summed E-state index contributed by atoms with van der Waals surface area (Å²) in [5, 5.41) is 0.653. The number of benzene rings is 1. The molecule has 0 aliphatic carbocycles. The van der Waals surface area contributed by atoms with E-state index in [1.54, 1.807) is 0 Å². The number of nitrogens with zero attached hydrogens (tertiary/aromatic N) is 2. The molecule has 102 valence electrons. The van der Waals surface area contributed by atoms with Crippen LogP contribution >= 0.6 is 11.6 Å². The van der Waals surface area contributed by atoms with Crippen LogP contribution in [-0.2, 0) is 11.3 Å². The van der Waals surface area contributed by atoms with Crippen molar-refractivity contribution in [2.75, 3.05) is 18.9 Å². The fraction of sp³-hybridized carbons (Fsp3) is 0.500. The number of nitrogen functional groups attached to an aromatic ring is 1. The third-order valence-corrected chi connectivity index (χ3v) is 4.30. The van der Waals surface area contributed by atoms with Gasteiger partial charge in [0.05, 0.1) is 10.5 Å². The molecular weight excluding hydrogens is 262 g/mol. The molecule has 3 rings (SSSR count). The molecule has 1 aromatic carbocycles. The third-order valence-electron chi connectivity index (χ3n) is 4.00. The summed E-state index contributed by atoms with van der Waals surface area (Å²) in [5.74, 6) is 0.538. The minimum Gasteiger partial charge on any atom is -0.381 e. The molecule has 5 heteroatoms. The highest BCUT2D eigenvalue weighted by molar-refractivity contribution is 6.35. The smallest absolute Gasteiger partial charge is 0.201 e. The van der Waals surface area contributed by atoms with E-state index in [0.29, 0.717) is 11.0 Å². The Bertz CT molecular complexity index is 602. The number of para-hydroxylation sites is 1. The predicted octanol–water partition coefficient (Wildman–Crippen LogP) is 3.09. The Morgan fingerprint density at radius 2 is 2.16 bits per heavy atom. The maximum Gasteiger partial charge on any atom is 0.201 e. The standard InChI is InChI=1S/C14H18ClN3O/c1-14(5-7-19-8-6-14)9-18-11-4-2-3-10(15)12(11)17-13(18)16/h2-4H,5-9H2,1H3,(H2,16,17). The summed E-state index contributed by atoms with van der Waals surface area (Å²) < 4.78 is 7.52. The monoisotopic (exact) mass is 279 g/mol. The number of imidazole rings is 1. The zero-order valence-electron chi connectivity index (χ0n) is 11.0. The molecule has 0 bridgehead atoms. The maximum atomic E-state index is 6.17. The summed E-state index contributed by atoms with van der Waals surface area (Å²) in [5.41, 5.74) is 8.07. The van der Waals surface area contributed by atoms with Crippen LogP contribution in [-0.4, -0.2) is 22.8 Å². The molecule has 0 unspecified atom stereocenters. The van der Waals surface area contributed by atoms with Crippen molar-refractivity contribution >= 4 is 28.6 Å². The topological polar surface area (TPSA) is 53.1 Å². The molecule has 1 fully saturated rings. The minimum absolute atomic E-state index is 0.211. The quantitative estimate of drug-likeness (QED) is 0.919. The highest BCUT2D eigenvalue weighted by atomic mass is 35.5. The second kappa shape index (κ2) is 4.69. The number of ether oxygens (including phenoxy) is 1. The number of hydrogen-bond acceptors (Lipinski definition) is 3. The third kappa shape index (κ3) is 2.30. The molecule has 0 saturated carbocycles.